The predicted molar refractivity (Wildman–Crippen MR) is 55.3 cm³/mol. The van der Waals surface area contributed by atoms with E-state index in [-0.39, 0.29) is 11.7 Å². The van der Waals surface area contributed by atoms with Crippen molar-refractivity contribution in [3.8, 4) is 0 Å². The standard InChI is InChI=1S/C10H12FN3/c1-6-8(4-3-5-9(6)11)10(13)14-7(2)12/h3-5H,1-2H3,(H3,12,13,14). The van der Waals surface area contributed by atoms with E-state index in [1.54, 1.807) is 26.0 Å². The van der Waals surface area contributed by atoms with Crippen LogP contribution in [0.3, 0.4) is 0 Å². The lowest BCUT2D eigenvalue weighted by atomic mass is 10.1. The Hall–Kier alpha value is -1.71. The average molecular weight is 193 g/mol. The highest BCUT2D eigenvalue weighted by molar-refractivity contribution is 6.04. The van der Waals surface area contributed by atoms with Crippen molar-refractivity contribution < 1.29 is 4.39 Å². The van der Waals surface area contributed by atoms with Crippen molar-refractivity contribution in [1.82, 2.24) is 0 Å². The Labute approximate surface area is 82.0 Å². The van der Waals surface area contributed by atoms with Crippen LogP contribution in [0.5, 0.6) is 0 Å². The lowest BCUT2D eigenvalue weighted by molar-refractivity contribution is 0.618. The number of hydrogen-bond acceptors (Lipinski definition) is 1. The Bertz CT molecular complexity index is 392. The molecule has 0 aromatic heterocycles. The summed E-state index contributed by atoms with van der Waals surface area (Å²) in [6.45, 7) is 3.20. The maximum atomic E-state index is 13.1. The Morgan fingerprint density at radius 3 is 2.71 bits per heavy atom. The molecule has 0 unspecified atom stereocenters. The number of aliphatic imine (C=N–C) groups is 1. The van der Waals surface area contributed by atoms with Gasteiger partial charge < -0.3 is 5.73 Å². The molecule has 3 nitrogen and oxygen atoms in total. The minimum atomic E-state index is -0.336. The van der Waals surface area contributed by atoms with E-state index in [0.717, 1.165) is 0 Å². The normalized spacial score (nSPS) is 11.5. The van der Waals surface area contributed by atoms with E-state index in [1.807, 2.05) is 0 Å². The molecule has 3 N–H and O–H groups in total. The van der Waals surface area contributed by atoms with Crippen molar-refractivity contribution in [2.45, 2.75) is 13.8 Å². The first-order valence-corrected chi connectivity index (χ1v) is 4.17. The summed E-state index contributed by atoms with van der Waals surface area (Å²) in [6, 6.07) is 4.55. The molecule has 0 bridgehead atoms. The molecule has 0 atom stereocenters. The van der Waals surface area contributed by atoms with E-state index in [0.29, 0.717) is 17.0 Å². The molecule has 1 aromatic rings. The lowest BCUT2D eigenvalue weighted by Gasteiger charge is -2.04. The average Bonchev–Trinajstić information content (AvgIpc) is 2.08. The number of hydrogen-bond donors (Lipinski definition) is 2. The first-order chi connectivity index (χ1) is 6.52. The fourth-order valence-electron chi connectivity index (χ4n) is 1.10. The molecule has 0 saturated heterocycles. The smallest absolute Gasteiger partial charge is 0.154 e. The summed E-state index contributed by atoms with van der Waals surface area (Å²) in [7, 11) is 0. The molecule has 1 aromatic carbocycles. The van der Waals surface area contributed by atoms with E-state index < -0.39 is 0 Å². The largest absolute Gasteiger partial charge is 0.387 e. The van der Waals surface area contributed by atoms with Crippen LogP contribution in [0.4, 0.5) is 4.39 Å². The van der Waals surface area contributed by atoms with Crippen molar-refractivity contribution in [1.29, 1.82) is 5.41 Å². The molecule has 74 valence electrons. The number of halogens is 1. The number of amidine groups is 2. The molecular weight excluding hydrogens is 181 g/mol. The number of nitrogens with two attached hydrogens (primary N) is 1. The number of benzene rings is 1. The maximum absolute atomic E-state index is 13.1. The monoisotopic (exact) mass is 193 g/mol. The van der Waals surface area contributed by atoms with Crippen LogP contribution in [0.1, 0.15) is 18.1 Å². The van der Waals surface area contributed by atoms with Gasteiger partial charge in [-0.2, -0.15) is 0 Å². The molecule has 0 spiro atoms. The van der Waals surface area contributed by atoms with Crippen LogP contribution in [-0.4, -0.2) is 11.7 Å². The third-order valence-electron chi connectivity index (χ3n) is 1.81. The highest BCUT2D eigenvalue weighted by atomic mass is 19.1. The highest BCUT2D eigenvalue weighted by Gasteiger charge is 2.07. The molecule has 1 rings (SSSR count). The maximum Gasteiger partial charge on any atom is 0.154 e. The van der Waals surface area contributed by atoms with Gasteiger partial charge in [-0.05, 0) is 25.5 Å². The van der Waals surface area contributed by atoms with Crippen LogP contribution in [0.2, 0.25) is 0 Å². The van der Waals surface area contributed by atoms with Gasteiger partial charge in [-0.3, -0.25) is 5.41 Å². The minimum absolute atomic E-state index is 0.0120. The molecule has 0 heterocycles. The fourth-order valence-corrected chi connectivity index (χ4v) is 1.10. The van der Waals surface area contributed by atoms with Crippen molar-refractivity contribution in [2.24, 2.45) is 10.7 Å². The second kappa shape index (κ2) is 4.00. The molecule has 0 amide bonds. The van der Waals surface area contributed by atoms with E-state index in [2.05, 4.69) is 4.99 Å². The second-order valence-corrected chi connectivity index (χ2v) is 3.01. The second-order valence-electron chi connectivity index (χ2n) is 3.01. The van der Waals surface area contributed by atoms with Gasteiger partial charge in [0.15, 0.2) is 5.84 Å². The predicted octanol–water partition coefficient (Wildman–Crippen LogP) is 1.84. The van der Waals surface area contributed by atoms with Gasteiger partial charge in [0.2, 0.25) is 0 Å². The van der Waals surface area contributed by atoms with Gasteiger partial charge in [-0.25, -0.2) is 9.38 Å². The topological polar surface area (TPSA) is 62.2 Å². The number of nitrogens with one attached hydrogen (secondary N) is 1. The van der Waals surface area contributed by atoms with Gasteiger partial charge >= 0.3 is 0 Å². The molecular formula is C10H12FN3. The quantitative estimate of drug-likeness (QED) is 0.518. The highest BCUT2D eigenvalue weighted by Crippen LogP contribution is 2.12. The zero-order chi connectivity index (χ0) is 10.7. The fraction of sp³-hybridized carbons (Fsp3) is 0.200. The van der Waals surface area contributed by atoms with Crippen LogP contribution >= 0.6 is 0 Å². The molecule has 0 radical (unpaired) electrons. The minimum Gasteiger partial charge on any atom is -0.387 e. The Kier molecular flexibility index (Phi) is 2.96. The lowest BCUT2D eigenvalue weighted by Crippen LogP contribution is -2.10. The molecule has 0 fully saturated rings. The van der Waals surface area contributed by atoms with Crippen LogP contribution in [0.25, 0.3) is 0 Å². The van der Waals surface area contributed by atoms with E-state index in [4.69, 9.17) is 11.1 Å². The summed E-state index contributed by atoms with van der Waals surface area (Å²) in [5.41, 5.74) is 6.22. The molecule has 0 aliphatic heterocycles. The number of rotatable bonds is 1. The summed E-state index contributed by atoms with van der Waals surface area (Å²) >= 11 is 0. The van der Waals surface area contributed by atoms with Crippen molar-refractivity contribution in [3.63, 3.8) is 0 Å². The number of nitrogens with zero attached hydrogens (tertiary/aromatic N) is 1. The first kappa shape index (κ1) is 10.4. The van der Waals surface area contributed by atoms with Crippen LogP contribution < -0.4 is 5.73 Å². The third-order valence-corrected chi connectivity index (χ3v) is 1.81. The van der Waals surface area contributed by atoms with Crippen LogP contribution in [0, 0.1) is 18.2 Å². The van der Waals surface area contributed by atoms with Gasteiger partial charge in [0.1, 0.15) is 5.82 Å². The Balaban J connectivity index is 3.14. The van der Waals surface area contributed by atoms with Crippen molar-refractivity contribution >= 4 is 11.7 Å². The SMILES string of the molecule is CC(N)=NC(=N)c1cccc(F)c1C. The summed E-state index contributed by atoms with van der Waals surface area (Å²) in [5, 5.41) is 7.56. The van der Waals surface area contributed by atoms with Crippen LogP contribution in [0.15, 0.2) is 23.2 Å². The summed E-state index contributed by atoms with van der Waals surface area (Å²) in [6.07, 6.45) is 0. The van der Waals surface area contributed by atoms with E-state index in [9.17, 15) is 4.39 Å². The first-order valence-electron chi connectivity index (χ1n) is 4.17. The van der Waals surface area contributed by atoms with Gasteiger partial charge in [-0.1, -0.05) is 12.1 Å². The summed E-state index contributed by atoms with van der Waals surface area (Å²) < 4.78 is 13.1. The Morgan fingerprint density at radius 2 is 2.14 bits per heavy atom. The van der Waals surface area contributed by atoms with E-state index in [1.165, 1.54) is 6.07 Å². The molecule has 0 aliphatic rings. The van der Waals surface area contributed by atoms with Gasteiger partial charge in [0.05, 0.1) is 5.84 Å². The molecule has 14 heavy (non-hydrogen) atoms. The molecule has 4 heteroatoms. The zero-order valence-electron chi connectivity index (χ0n) is 8.13. The van der Waals surface area contributed by atoms with Crippen molar-refractivity contribution in [3.05, 3.63) is 35.1 Å². The zero-order valence-corrected chi connectivity index (χ0v) is 8.13. The summed E-state index contributed by atoms with van der Waals surface area (Å²) in [4.78, 5) is 3.76. The molecule has 0 saturated carbocycles. The molecule has 0 aliphatic carbocycles. The van der Waals surface area contributed by atoms with Gasteiger partial charge in [-0.15, -0.1) is 0 Å². The summed E-state index contributed by atoms with van der Waals surface area (Å²) in [5.74, 6) is -0.0576. The van der Waals surface area contributed by atoms with Crippen molar-refractivity contribution in [2.75, 3.05) is 0 Å². The van der Waals surface area contributed by atoms with E-state index >= 15 is 0 Å². The van der Waals surface area contributed by atoms with Crippen LogP contribution in [-0.2, 0) is 0 Å². The third kappa shape index (κ3) is 2.16. The van der Waals surface area contributed by atoms with Gasteiger partial charge in [0.25, 0.3) is 0 Å². The Morgan fingerprint density at radius 1 is 1.50 bits per heavy atom. The van der Waals surface area contributed by atoms with Gasteiger partial charge in [0, 0.05) is 5.56 Å².